The van der Waals surface area contributed by atoms with E-state index in [1.54, 1.807) is 23.1 Å². The first kappa shape index (κ1) is 8.47. The first-order valence-electron chi connectivity index (χ1n) is 3.90. The van der Waals surface area contributed by atoms with Crippen LogP contribution in [0, 0.1) is 0 Å². The Morgan fingerprint density at radius 1 is 1.54 bits per heavy atom. The van der Waals surface area contributed by atoms with Crippen molar-refractivity contribution in [3.8, 4) is 0 Å². The summed E-state index contributed by atoms with van der Waals surface area (Å²) in [6.07, 6.45) is 3.28. The van der Waals surface area contributed by atoms with Gasteiger partial charge in [0.25, 0.3) is 0 Å². The number of aliphatic hydroxyl groups is 1. The molecule has 0 spiro atoms. The number of pyridine rings is 1. The van der Waals surface area contributed by atoms with Gasteiger partial charge in [-0.3, -0.25) is 0 Å². The van der Waals surface area contributed by atoms with Crippen LogP contribution in [0.25, 0.3) is 11.0 Å². The highest BCUT2D eigenvalue weighted by Crippen LogP contribution is 2.20. The molecule has 0 aliphatic heterocycles. The van der Waals surface area contributed by atoms with Gasteiger partial charge in [0, 0.05) is 6.20 Å². The van der Waals surface area contributed by atoms with Crippen LogP contribution in [0.4, 0.5) is 0 Å². The molecule has 0 aliphatic rings. The third-order valence-corrected chi connectivity index (χ3v) is 2.13. The lowest BCUT2D eigenvalue weighted by Crippen LogP contribution is -2.04. The minimum atomic E-state index is 0.0466. The van der Waals surface area contributed by atoms with Crippen molar-refractivity contribution in [2.24, 2.45) is 0 Å². The Hall–Kier alpha value is -1.13. The highest BCUT2D eigenvalue weighted by molar-refractivity contribution is 6.35. The molecule has 0 bridgehead atoms. The Labute approximate surface area is 79.8 Å². The third-order valence-electron chi connectivity index (χ3n) is 1.80. The van der Waals surface area contributed by atoms with Crippen molar-refractivity contribution in [2.45, 2.75) is 6.54 Å². The zero-order valence-corrected chi connectivity index (χ0v) is 7.57. The Morgan fingerprint density at radius 2 is 2.38 bits per heavy atom. The number of hydrogen-bond donors (Lipinski definition) is 1. The lowest BCUT2D eigenvalue weighted by molar-refractivity contribution is 0.271. The van der Waals surface area contributed by atoms with Crippen LogP contribution in [0.2, 0.25) is 5.02 Å². The number of fused-ring (bicyclic) bond motifs is 1. The van der Waals surface area contributed by atoms with E-state index in [2.05, 4.69) is 10.1 Å². The summed E-state index contributed by atoms with van der Waals surface area (Å²) in [5.41, 5.74) is 0.710. The first-order valence-corrected chi connectivity index (χ1v) is 4.27. The summed E-state index contributed by atoms with van der Waals surface area (Å²) in [4.78, 5) is 4.13. The van der Waals surface area contributed by atoms with Gasteiger partial charge in [-0.2, -0.15) is 5.10 Å². The molecular weight excluding hydrogens is 190 g/mol. The van der Waals surface area contributed by atoms with Crippen LogP contribution in [-0.4, -0.2) is 26.5 Å². The molecule has 2 rings (SSSR count). The lowest BCUT2D eigenvalue weighted by atomic mass is 10.3. The Morgan fingerprint density at radius 3 is 3.15 bits per heavy atom. The topological polar surface area (TPSA) is 50.9 Å². The van der Waals surface area contributed by atoms with Crippen LogP contribution >= 0.6 is 11.6 Å². The fourth-order valence-corrected chi connectivity index (χ4v) is 1.39. The Bertz CT molecular complexity index is 426. The van der Waals surface area contributed by atoms with E-state index in [-0.39, 0.29) is 6.61 Å². The van der Waals surface area contributed by atoms with Gasteiger partial charge >= 0.3 is 0 Å². The minimum Gasteiger partial charge on any atom is -0.394 e. The predicted octanol–water partition coefficient (Wildman–Crippen LogP) is 1.08. The fourth-order valence-electron chi connectivity index (χ4n) is 1.20. The molecule has 0 fully saturated rings. The van der Waals surface area contributed by atoms with Gasteiger partial charge in [0.15, 0.2) is 5.65 Å². The summed E-state index contributed by atoms with van der Waals surface area (Å²) in [6.45, 7) is 0.488. The molecule has 2 aromatic rings. The van der Waals surface area contributed by atoms with Crippen molar-refractivity contribution in [1.82, 2.24) is 14.8 Å². The highest BCUT2D eigenvalue weighted by Gasteiger charge is 2.05. The largest absolute Gasteiger partial charge is 0.394 e. The average molecular weight is 198 g/mol. The zero-order valence-electron chi connectivity index (χ0n) is 6.81. The molecule has 13 heavy (non-hydrogen) atoms. The number of rotatable bonds is 2. The summed E-state index contributed by atoms with van der Waals surface area (Å²) in [5, 5.41) is 14.3. The standard InChI is InChI=1S/C8H8ClN3O/c9-7-1-2-10-8-6(7)5-11-12(8)3-4-13/h1-2,5,13H,3-4H2. The van der Waals surface area contributed by atoms with E-state index in [1.165, 1.54) is 0 Å². The normalized spacial score (nSPS) is 10.9. The zero-order chi connectivity index (χ0) is 9.26. The summed E-state index contributed by atoms with van der Waals surface area (Å²) in [5.74, 6) is 0. The molecule has 0 unspecified atom stereocenters. The molecule has 0 saturated heterocycles. The monoisotopic (exact) mass is 197 g/mol. The van der Waals surface area contributed by atoms with E-state index in [1.807, 2.05) is 0 Å². The van der Waals surface area contributed by atoms with Gasteiger partial charge in [0.1, 0.15) is 0 Å². The molecular formula is C8H8ClN3O. The molecule has 0 aromatic carbocycles. The van der Waals surface area contributed by atoms with E-state index in [0.717, 1.165) is 5.39 Å². The summed E-state index contributed by atoms with van der Waals surface area (Å²) >= 11 is 5.91. The van der Waals surface area contributed by atoms with Crippen LogP contribution in [0.5, 0.6) is 0 Å². The minimum absolute atomic E-state index is 0.0466. The number of halogens is 1. The quantitative estimate of drug-likeness (QED) is 0.784. The molecule has 2 aromatic heterocycles. The van der Waals surface area contributed by atoms with Gasteiger partial charge in [-0.15, -0.1) is 0 Å². The average Bonchev–Trinajstić information content (AvgIpc) is 2.51. The van der Waals surface area contributed by atoms with Gasteiger partial charge in [-0.1, -0.05) is 11.6 Å². The maximum absolute atomic E-state index is 8.75. The molecule has 68 valence electrons. The number of aliphatic hydroxyl groups excluding tert-OH is 1. The molecule has 0 radical (unpaired) electrons. The molecule has 4 nitrogen and oxygen atoms in total. The van der Waals surface area contributed by atoms with Crippen LogP contribution in [-0.2, 0) is 6.54 Å². The van der Waals surface area contributed by atoms with Crippen molar-refractivity contribution < 1.29 is 5.11 Å². The second-order valence-corrected chi connectivity index (χ2v) is 3.03. The number of nitrogens with zero attached hydrogens (tertiary/aromatic N) is 3. The van der Waals surface area contributed by atoms with Gasteiger partial charge in [-0.05, 0) is 6.07 Å². The smallest absolute Gasteiger partial charge is 0.159 e. The van der Waals surface area contributed by atoms with Crippen molar-refractivity contribution in [3.05, 3.63) is 23.5 Å². The van der Waals surface area contributed by atoms with E-state index in [9.17, 15) is 0 Å². The SMILES string of the molecule is OCCn1ncc2c(Cl)ccnc21. The molecule has 0 saturated carbocycles. The maximum Gasteiger partial charge on any atom is 0.159 e. The molecule has 1 N–H and O–H groups in total. The van der Waals surface area contributed by atoms with E-state index in [0.29, 0.717) is 17.2 Å². The maximum atomic E-state index is 8.75. The van der Waals surface area contributed by atoms with Gasteiger partial charge < -0.3 is 5.11 Å². The van der Waals surface area contributed by atoms with Crippen molar-refractivity contribution in [2.75, 3.05) is 6.61 Å². The van der Waals surface area contributed by atoms with Crippen LogP contribution in [0.3, 0.4) is 0 Å². The van der Waals surface area contributed by atoms with Crippen LogP contribution < -0.4 is 0 Å². The van der Waals surface area contributed by atoms with Crippen LogP contribution in [0.1, 0.15) is 0 Å². The van der Waals surface area contributed by atoms with E-state index >= 15 is 0 Å². The highest BCUT2D eigenvalue weighted by atomic mass is 35.5. The van der Waals surface area contributed by atoms with Crippen molar-refractivity contribution in [3.63, 3.8) is 0 Å². The van der Waals surface area contributed by atoms with Gasteiger partial charge in [0.2, 0.25) is 0 Å². The molecule has 0 atom stereocenters. The Balaban J connectivity index is 2.61. The number of hydrogen-bond acceptors (Lipinski definition) is 3. The first-order chi connectivity index (χ1) is 6.33. The molecule has 2 heterocycles. The van der Waals surface area contributed by atoms with E-state index < -0.39 is 0 Å². The van der Waals surface area contributed by atoms with Crippen molar-refractivity contribution in [1.29, 1.82) is 0 Å². The molecule has 0 aliphatic carbocycles. The third kappa shape index (κ3) is 1.38. The summed E-state index contributed by atoms with van der Waals surface area (Å²) in [6, 6.07) is 1.72. The summed E-state index contributed by atoms with van der Waals surface area (Å²) in [7, 11) is 0. The summed E-state index contributed by atoms with van der Waals surface area (Å²) < 4.78 is 1.63. The van der Waals surface area contributed by atoms with Crippen molar-refractivity contribution >= 4 is 22.6 Å². The predicted molar refractivity (Wildman–Crippen MR) is 49.6 cm³/mol. The molecule has 5 heteroatoms. The number of aromatic nitrogens is 3. The van der Waals surface area contributed by atoms with Gasteiger partial charge in [0.05, 0.1) is 29.8 Å². The van der Waals surface area contributed by atoms with Crippen LogP contribution in [0.15, 0.2) is 18.5 Å². The molecule has 0 amide bonds. The Kier molecular flexibility index (Phi) is 2.16. The second-order valence-electron chi connectivity index (χ2n) is 2.62. The lowest BCUT2D eigenvalue weighted by Gasteiger charge is -1.98. The fraction of sp³-hybridized carbons (Fsp3) is 0.250. The second kappa shape index (κ2) is 3.32. The van der Waals surface area contributed by atoms with Gasteiger partial charge in [-0.25, -0.2) is 9.67 Å². The van der Waals surface area contributed by atoms with E-state index in [4.69, 9.17) is 16.7 Å².